The fourth-order valence-electron chi connectivity index (χ4n) is 2.23. The number of hydrogen-bond donors (Lipinski definition) is 0. The molecule has 0 bridgehead atoms. The molecule has 0 fully saturated rings. The van der Waals surface area contributed by atoms with Crippen LogP contribution in [0.2, 0.25) is 0 Å². The minimum absolute atomic E-state index is 0.178. The molecule has 158 valence electrons. The van der Waals surface area contributed by atoms with E-state index < -0.39 is 10.1 Å². The van der Waals surface area contributed by atoms with E-state index in [1.807, 2.05) is 43.3 Å². The molecule has 0 N–H and O–H groups in total. The second kappa shape index (κ2) is 11.1. The lowest BCUT2D eigenvalue weighted by molar-refractivity contribution is -0.597. The normalized spacial score (nSPS) is 10.5. The van der Waals surface area contributed by atoms with E-state index in [-0.39, 0.29) is 32.1 Å². The molecule has 0 spiro atoms. The van der Waals surface area contributed by atoms with E-state index in [9.17, 15) is 17.8 Å². The Morgan fingerprint density at radius 2 is 1.33 bits per heavy atom. The first-order valence-electron chi connectivity index (χ1n) is 8.73. The van der Waals surface area contributed by atoms with Crippen molar-refractivity contribution in [3.8, 4) is 5.75 Å². The van der Waals surface area contributed by atoms with Crippen LogP contribution in [-0.2, 0) is 14.9 Å². The van der Waals surface area contributed by atoms with Gasteiger partial charge in [-0.15, -0.1) is 0 Å². The van der Waals surface area contributed by atoms with Gasteiger partial charge < -0.3 is 14.0 Å². The molecule has 0 atom stereocenters. The summed E-state index contributed by atoms with van der Waals surface area (Å²) in [6.45, 7) is 1.82. The summed E-state index contributed by atoms with van der Waals surface area (Å²) in [7, 11) is -1.22. The second-order valence-corrected chi connectivity index (χ2v) is 10.4. The van der Waals surface area contributed by atoms with Crippen LogP contribution in [0.5, 0.6) is 5.75 Å². The van der Waals surface area contributed by atoms with Crippen LogP contribution in [0.3, 0.4) is 0 Å². The standard InChI is InChI=1S/C15H14IO3.C7H8O3S/c1-18-14-9-7-13(8-10-14)16-12-5-3-11(4-6-12)15(17)19-2;1-6-2-4-7(5-3-6)11(8,9)10/h3-10H,1-2H3;2-5H,1H3,(H,8,9,10)/q+1;/p-1. The van der Waals surface area contributed by atoms with Crippen LogP contribution >= 0.6 is 0 Å². The average Bonchev–Trinajstić information content (AvgIpc) is 2.74. The summed E-state index contributed by atoms with van der Waals surface area (Å²) in [6.07, 6.45) is 0. The van der Waals surface area contributed by atoms with Crippen molar-refractivity contribution in [2.75, 3.05) is 14.2 Å². The Morgan fingerprint density at radius 1 is 0.833 bits per heavy atom. The summed E-state index contributed by atoms with van der Waals surface area (Å²) in [5.74, 6) is 0.572. The SMILES string of the molecule is COC(=O)c1ccc([I+]c2ccc(OC)cc2)cc1.Cc1ccc(S(=O)(=O)[O-])cc1. The van der Waals surface area contributed by atoms with Gasteiger partial charge in [0.1, 0.15) is 15.9 Å². The van der Waals surface area contributed by atoms with Crippen molar-refractivity contribution in [3.63, 3.8) is 0 Å². The molecule has 6 nitrogen and oxygen atoms in total. The van der Waals surface area contributed by atoms with Crippen molar-refractivity contribution in [2.45, 2.75) is 11.8 Å². The smallest absolute Gasteiger partial charge is 0.357 e. The third-order valence-electron chi connectivity index (χ3n) is 3.84. The van der Waals surface area contributed by atoms with Crippen LogP contribution in [-0.4, -0.2) is 33.2 Å². The molecule has 0 saturated carbocycles. The van der Waals surface area contributed by atoms with E-state index in [0.717, 1.165) is 11.3 Å². The summed E-state index contributed by atoms with van der Waals surface area (Å²) in [5.41, 5.74) is 1.52. The van der Waals surface area contributed by atoms with Gasteiger partial charge in [-0.2, -0.15) is 0 Å². The number of carbonyl (C=O) groups is 1. The summed E-state index contributed by atoms with van der Waals surface area (Å²) in [6, 6.07) is 21.5. The zero-order valence-corrected chi connectivity index (χ0v) is 19.6. The van der Waals surface area contributed by atoms with E-state index >= 15 is 0 Å². The number of esters is 1. The number of halogens is 1. The third kappa shape index (κ3) is 7.43. The molecule has 0 aliphatic carbocycles. The Bertz CT molecular complexity index is 1060. The zero-order chi connectivity index (χ0) is 22.1. The van der Waals surface area contributed by atoms with Gasteiger partial charge in [0.05, 0.1) is 24.7 Å². The largest absolute Gasteiger partial charge is 0.744 e. The predicted octanol–water partition coefficient (Wildman–Crippen LogP) is 0.509. The second-order valence-electron chi connectivity index (χ2n) is 6.02. The molecule has 0 aliphatic heterocycles. The molecule has 0 unspecified atom stereocenters. The Balaban J connectivity index is 0.000000248. The average molecular weight is 540 g/mol. The van der Waals surface area contributed by atoms with E-state index in [1.165, 1.54) is 26.4 Å². The number of carbonyl (C=O) groups excluding carboxylic acids is 1. The molecule has 0 heterocycles. The van der Waals surface area contributed by atoms with Gasteiger partial charge in [-0.25, -0.2) is 13.2 Å². The van der Waals surface area contributed by atoms with Crippen molar-refractivity contribution in [1.29, 1.82) is 0 Å². The zero-order valence-electron chi connectivity index (χ0n) is 16.7. The highest BCUT2D eigenvalue weighted by molar-refractivity contribution is 7.85. The highest BCUT2D eigenvalue weighted by Crippen LogP contribution is 2.08. The number of rotatable bonds is 5. The van der Waals surface area contributed by atoms with Crippen molar-refractivity contribution >= 4 is 16.1 Å². The third-order valence-corrected chi connectivity index (χ3v) is 7.38. The highest BCUT2D eigenvalue weighted by atomic mass is 127. The van der Waals surface area contributed by atoms with E-state index in [1.54, 1.807) is 19.2 Å². The first-order valence-corrected chi connectivity index (χ1v) is 12.3. The number of ether oxygens (including phenoxy) is 2. The highest BCUT2D eigenvalue weighted by Gasteiger charge is 2.16. The lowest BCUT2D eigenvalue weighted by Gasteiger charge is -2.05. The summed E-state index contributed by atoms with van der Waals surface area (Å²) < 4.78 is 43.5. The molecule has 30 heavy (non-hydrogen) atoms. The lowest BCUT2D eigenvalue weighted by atomic mass is 10.2. The van der Waals surface area contributed by atoms with Crippen LogP contribution in [0, 0.1) is 14.1 Å². The van der Waals surface area contributed by atoms with E-state index in [4.69, 9.17) is 4.74 Å². The van der Waals surface area contributed by atoms with Gasteiger partial charge in [0.25, 0.3) is 0 Å². The molecule has 3 aromatic carbocycles. The van der Waals surface area contributed by atoms with E-state index in [0.29, 0.717) is 5.56 Å². The number of aryl methyl sites for hydroxylation is 1. The van der Waals surface area contributed by atoms with Gasteiger partial charge in [-0.3, -0.25) is 0 Å². The van der Waals surface area contributed by atoms with Crippen LogP contribution in [0.25, 0.3) is 0 Å². The fourth-order valence-corrected chi connectivity index (χ4v) is 4.86. The monoisotopic (exact) mass is 540 g/mol. The van der Waals surface area contributed by atoms with Gasteiger partial charge >= 0.3 is 27.2 Å². The predicted molar refractivity (Wildman–Crippen MR) is 107 cm³/mol. The summed E-state index contributed by atoms with van der Waals surface area (Å²) >= 11 is -0.234. The molecule has 3 aromatic rings. The molecule has 0 amide bonds. The summed E-state index contributed by atoms with van der Waals surface area (Å²) in [4.78, 5) is 11.1. The lowest BCUT2D eigenvalue weighted by Crippen LogP contribution is -3.61. The van der Waals surface area contributed by atoms with Gasteiger partial charge in [0, 0.05) is 0 Å². The Morgan fingerprint density at radius 3 is 1.77 bits per heavy atom. The first kappa shape index (κ1) is 23.8. The van der Waals surface area contributed by atoms with Crippen molar-refractivity contribution in [2.24, 2.45) is 0 Å². The van der Waals surface area contributed by atoms with Crippen LogP contribution in [0.1, 0.15) is 15.9 Å². The quantitative estimate of drug-likeness (QED) is 0.266. The molecular formula is C22H21IO6S. The molecule has 0 aromatic heterocycles. The van der Waals surface area contributed by atoms with Gasteiger partial charge in [0.2, 0.25) is 0 Å². The molecule has 0 radical (unpaired) electrons. The number of benzene rings is 3. The first-order chi connectivity index (χ1) is 14.2. The minimum Gasteiger partial charge on any atom is -0.744 e. The minimum atomic E-state index is -4.27. The van der Waals surface area contributed by atoms with Gasteiger partial charge in [-0.05, 0) is 67.6 Å². The van der Waals surface area contributed by atoms with Crippen molar-refractivity contribution in [3.05, 3.63) is 91.1 Å². The maximum atomic E-state index is 11.3. The Hall–Kier alpha value is -2.43. The van der Waals surface area contributed by atoms with Crippen molar-refractivity contribution < 1.29 is 48.4 Å². The Labute approximate surface area is 186 Å². The fraction of sp³-hybridized carbons (Fsp3) is 0.136. The van der Waals surface area contributed by atoms with Gasteiger partial charge in [0.15, 0.2) is 7.14 Å². The molecule has 8 heteroatoms. The summed E-state index contributed by atoms with van der Waals surface area (Å²) in [5, 5.41) is 0. The molecular weight excluding hydrogens is 519 g/mol. The van der Waals surface area contributed by atoms with Crippen LogP contribution in [0.4, 0.5) is 0 Å². The molecule has 0 aliphatic rings. The number of methoxy groups -OCH3 is 2. The maximum absolute atomic E-state index is 11.3. The van der Waals surface area contributed by atoms with Crippen LogP contribution < -0.4 is 25.9 Å². The van der Waals surface area contributed by atoms with Crippen LogP contribution in [0.15, 0.2) is 77.7 Å². The maximum Gasteiger partial charge on any atom is 0.357 e. The number of hydrogen-bond acceptors (Lipinski definition) is 6. The van der Waals surface area contributed by atoms with Gasteiger partial charge in [-0.1, -0.05) is 17.7 Å². The Kier molecular flexibility index (Phi) is 8.82. The van der Waals surface area contributed by atoms with Crippen molar-refractivity contribution in [1.82, 2.24) is 0 Å². The topological polar surface area (TPSA) is 92.7 Å². The molecule has 0 saturated heterocycles. The molecule has 3 rings (SSSR count). The van der Waals surface area contributed by atoms with E-state index in [2.05, 4.69) is 16.9 Å².